The van der Waals surface area contributed by atoms with E-state index in [9.17, 15) is 9.59 Å². The van der Waals surface area contributed by atoms with Gasteiger partial charge in [-0.1, -0.05) is 48.5 Å². The normalized spacial score (nSPS) is 15.5. The van der Waals surface area contributed by atoms with Crippen LogP contribution in [0.15, 0.2) is 72.1 Å². The fraction of sp³-hybridized carbons (Fsp3) is 0.182. The van der Waals surface area contributed by atoms with E-state index in [2.05, 4.69) is 34.2 Å². The molecule has 0 saturated carbocycles. The first-order chi connectivity index (χ1) is 13.6. The quantitative estimate of drug-likeness (QED) is 0.701. The molecule has 142 valence electrons. The van der Waals surface area contributed by atoms with Gasteiger partial charge in [0.15, 0.2) is 6.04 Å². The summed E-state index contributed by atoms with van der Waals surface area (Å²) in [5.74, 6) is -0.239. The number of carbonyl (C=O) groups is 2. The first kappa shape index (κ1) is 18.4. The van der Waals surface area contributed by atoms with Crippen molar-refractivity contribution in [3.8, 4) is 0 Å². The average molecular weight is 393 g/mol. The van der Waals surface area contributed by atoms with Crippen molar-refractivity contribution < 1.29 is 14.9 Å². The van der Waals surface area contributed by atoms with Crippen molar-refractivity contribution in [2.45, 2.75) is 19.0 Å². The third kappa shape index (κ3) is 3.69. The molecule has 28 heavy (non-hydrogen) atoms. The van der Waals surface area contributed by atoms with Crippen LogP contribution in [-0.2, 0) is 9.59 Å². The summed E-state index contributed by atoms with van der Waals surface area (Å²) in [5.41, 5.74) is 2.58. The molecule has 0 bridgehead atoms. The molecule has 1 aliphatic heterocycles. The Morgan fingerprint density at radius 2 is 1.82 bits per heavy atom. The molecule has 3 aromatic rings. The molecule has 5 nitrogen and oxygen atoms in total. The second kappa shape index (κ2) is 7.96. The number of hydrogen-bond donors (Lipinski definition) is 2. The van der Waals surface area contributed by atoms with Crippen LogP contribution in [0.2, 0.25) is 0 Å². The third-order valence-corrected chi connectivity index (χ3v) is 5.87. The lowest BCUT2D eigenvalue weighted by atomic mass is 10.0. The number of carbonyl (C=O) groups excluding carboxylic acids is 2. The predicted molar refractivity (Wildman–Crippen MR) is 111 cm³/mol. The van der Waals surface area contributed by atoms with Crippen molar-refractivity contribution >= 4 is 34.5 Å². The van der Waals surface area contributed by atoms with Crippen molar-refractivity contribution in [2.24, 2.45) is 0 Å². The lowest BCUT2D eigenvalue weighted by Crippen LogP contribution is -2.93. The first-order valence-corrected chi connectivity index (χ1v) is 10.1. The molecule has 2 heterocycles. The Bertz CT molecular complexity index is 972. The minimum atomic E-state index is -0.341. The van der Waals surface area contributed by atoms with Crippen molar-refractivity contribution in [3.05, 3.63) is 82.6 Å². The van der Waals surface area contributed by atoms with Gasteiger partial charge in [-0.2, -0.15) is 0 Å². The molecule has 6 heteroatoms. The zero-order valence-electron chi connectivity index (χ0n) is 15.5. The fourth-order valence-corrected chi connectivity index (χ4v) is 4.38. The van der Waals surface area contributed by atoms with Gasteiger partial charge in [-0.25, -0.2) is 0 Å². The number of anilines is 2. The Labute approximate surface area is 168 Å². The van der Waals surface area contributed by atoms with E-state index in [0.29, 0.717) is 5.69 Å². The number of benzene rings is 2. The molecule has 2 amide bonds. The number of rotatable bonds is 5. The molecule has 2 atom stereocenters. The standard InChI is InChI=1S/C22H21N3O2S/c1-15(22(27)25-14-20(26)24-17-10-5-6-11-18(17)25)23-21(19-12-7-13-28-19)16-8-3-2-4-9-16/h2-13,15,21,23H,14H2,1H3,(H,24,26)/p+1/t15-,21+/m1/s1. The van der Waals surface area contributed by atoms with Gasteiger partial charge in [-0.15, -0.1) is 11.3 Å². The summed E-state index contributed by atoms with van der Waals surface area (Å²) in [6, 6.07) is 21.4. The summed E-state index contributed by atoms with van der Waals surface area (Å²) in [4.78, 5) is 28.1. The van der Waals surface area contributed by atoms with Gasteiger partial charge in [0, 0.05) is 5.56 Å². The Morgan fingerprint density at radius 3 is 2.57 bits per heavy atom. The number of nitrogens with zero attached hydrogens (tertiary/aromatic N) is 1. The molecular weight excluding hydrogens is 370 g/mol. The summed E-state index contributed by atoms with van der Waals surface area (Å²) in [6.45, 7) is 1.95. The maximum absolute atomic E-state index is 13.3. The van der Waals surface area contributed by atoms with Crippen LogP contribution in [-0.4, -0.2) is 24.4 Å². The van der Waals surface area contributed by atoms with Crippen molar-refractivity contribution in [1.82, 2.24) is 0 Å². The zero-order chi connectivity index (χ0) is 19.5. The molecule has 4 rings (SSSR count). The van der Waals surface area contributed by atoms with E-state index in [4.69, 9.17) is 0 Å². The van der Waals surface area contributed by atoms with Crippen molar-refractivity contribution in [2.75, 3.05) is 16.8 Å². The molecule has 1 aromatic heterocycles. The lowest BCUT2D eigenvalue weighted by molar-refractivity contribution is -0.704. The number of hydrogen-bond acceptors (Lipinski definition) is 3. The Hall–Kier alpha value is -2.96. The smallest absolute Gasteiger partial charge is 0.285 e. The fourth-order valence-electron chi connectivity index (χ4n) is 3.55. The van der Waals surface area contributed by atoms with Gasteiger partial charge in [0.2, 0.25) is 5.91 Å². The van der Waals surface area contributed by atoms with Gasteiger partial charge in [-0.3, -0.25) is 14.5 Å². The van der Waals surface area contributed by atoms with Gasteiger partial charge in [0.05, 0.1) is 16.3 Å². The minimum Gasteiger partial charge on any atom is -0.326 e. The van der Waals surface area contributed by atoms with E-state index >= 15 is 0 Å². The predicted octanol–water partition coefficient (Wildman–Crippen LogP) is 2.77. The van der Waals surface area contributed by atoms with E-state index in [1.165, 1.54) is 4.88 Å². The van der Waals surface area contributed by atoms with Gasteiger partial charge in [0.25, 0.3) is 5.91 Å². The molecule has 0 unspecified atom stereocenters. The van der Waals surface area contributed by atoms with Crippen LogP contribution in [0.1, 0.15) is 23.4 Å². The molecule has 0 spiro atoms. The topological polar surface area (TPSA) is 66.0 Å². The summed E-state index contributed by atoms with van der Waals surface area (Å²) < 4.78 is 0. The average Bonchev–Trinajstić information content (AvgIpc) is 3.25. The van der Waals surface area contributed by atoms with Crippen LogP contribution in [0, 0.1) is 0 Å². The third-order valence-electron chi connectivity index (χ3n) is 4.92. The lowest BCUT2D eigenvalue weighted by Gasteiger charge is -2.31. The number of para-hydroxylation sites is 2. The Morgan fingerprint density at radius 1 is 1.07 bits per heavy atom. The van der Waals surface area contributed by atoms with E-state index < -0.39 is 0 Å². The van der Waals surface area contributed by atoms with Crippen LogP contribution >= 0.6 is 11.3 Å². The molecule has 0 aliphatic carbocycles. The highest BCUT2D eigenvalue weighted by atomic mass is 32.1. The highest BCUT2D eigenvalue weighted by Gasteiger charge is 2.33. The molecule has 0 saturated heterocycles. The first-order valence-electron chi connectivity index (χ1n) is 9.27. The largest absolute Gasteiger partial charge is 0.326 e. The SMILES string of the molecule is C[C@@H]([NH2+][C@@H](c1ccccc1)c1cccs1)C(=O)N1CC(=O)Nc2ccccc21. The number of nitrogens with one attached hydrogen (secondary N) is 1. The monoisotopic (exact) mass is 392 g/mol. The number of amides is 2. The molecular formula is C22H22N3O2S+. The molecule has 2 aromatic carbocycles. The van der Waals surface area contributed by atoms with Gasteiger partial charge < -0.3 is 10.6 Å². The summed E-state index contributed by atoms with van der Waals surface area (Å²) in [7, 11) is 0. The van der Waals surface area contributed by atoms with Crippen LogP contribution in [0.5, 0.6) is 0 Å². The van der Waals surface area contributed by atoms with Gasteiger partial charge >= 0.3 is 0 Å². The van der Waals surface area contributed by atoms with Crippen LogP contribution in [0.4, 0.5) is 11.4 Å². The Kier molecular flexibility index (Phi) is 5.23. The number of nitrogens with two attached hydrogens (primary N) is 1. The maximum atomic E-state index is 13.3. The van der Waals surface area contributed by atoms with Crippen LogP contribution in [0.3, 0.4) is 0 Å². The van der Waals surface area contributed by atoms with E-state index in [-0.39, 0.29) is 30.4 Å². The Balaban J connectivity index is 1.59. The molecule has 1 aliphatic rings. The minimum absolute atomic E-state index is 0.0361. The van der Waals surface area contributed by atoms with Crippen molar-refractivity contribution in [3.63, 3.8) is 0 Å². The number of fused-ring (bicyclic) bond motifs is 1. The summed E-state index contributed by atoms with van der Waals surface area (Å²) in [6.07, 6.45) is 0. The number of thiophene rings is 1. The van der Waals surface area contributed by atoms with Crippen molar-refractivity contribution in [1.29, 1.82) is 0 Å². The summed E-state index contributed by atoms with van der Waals surface area (Å²) in [5, 5.41) is 6.97. The molecule has 0 fully saturated rings. The number of quaternary nitrogens is 1. The van der Waals surface area contributed by atoms with Gasteiger partial charge in [-0.05, 0) is 30.5 Å². The second-order valence-corrected chi connectivity index (χ2v) is 7.85. The maximum Gasteiger partial charge on any atom is 0.285 e. The molecule has 3 N–H and O–H groups in total. The van der Waals surface area contributed by atoms with Gasteiger partial charge in [0.1, 0.15) is 12.6 Å². The second-order valence-electron chi connectivity index (χ2n) is 6.87. The zero-order valence-corrected chi connectivity index (χ0v) is 16.4. The van der Waals surface area contributed by atoms with E-state index in [1.54, 1.807) is 16.2 Å². The summed E-state index contributed by atoms with van der Waals surface area (Å²) >= 11 is 1.68. The van der Waals surface area contributed by atoms with Crippen LogP contribution in [0.25, 0.3) is 0 Å². The van der Waals surface area contributed by atoms with Crippen LogP contribution < -0.4 is 15.5 Å². The highest BCUT2D eigenvalue weighted by molar-refractivity contribution is 7.10. The van der Waals surface area contributed by atoms with E-state index in [0.717, 1.165) is 11.3 Å². The highest BCUT2D eigenvalue weighted by Crippen LogP contribution is 2.29. The molecule has 0 radical (unpaired) electrons. The van der Waals surface area contributed by atoms with E-state index in [1.807, 2.05) is 55.5 Å².